The second-order valence-electron chi connectivity index (χ2n) is 5.48. The number of hydrogen-bond donors (Lipinski definition) is 1. The molecule has 1 aromatic carbocycles. The molecule has 0 aromatic heterocycles. The molecule has 1 aromatic rings. The lowest BCUT2D eigenvalue weighted by atomic mass is 9.77. The Morgan fingerprint density at radius 2 is 2.35 bits per heavy atom. The van der Waals surface area contributed by atoms with E-state index in [9.17, 15) is 14.4 Å². The van der Waals surface area contributed by atoms with E-state index < -0.39 is 17.3 Å². The second kappa shape index (κ2) is 5.80. The molecule has 3 nitrogen and oxygen atoms in total. The summed E-state index contributed by atoms with van der Waals surface area (Å²) in [6.45, 7) is 2.07. The largest absolute Gasteiger partial charge is 0.334 e. The molecule has 0 heterocycles. The van der Waals surface area contributed by atoms with Gasteiger partial charge in [0.25, 0.3) is 5.91 Å². The Bertz CT molecular complexity index is 569. The van der Waals surface area contributed by atoms with Crippen LogP contribution in [0, 0.1) is 23.1 Å². The van der Waals surface area contributed by atoms with Crippen LogP contribution in [0.4, 0.5) is 4.39 Å². The van der Waals surface area contributed by atoms with E-state index in [2.05, 4.69) is 18.3 Å². The predicted molar refractivity (Wildman–Crippen MR) is 74.9 cm³/mol. The number of nitrogens with zero attached hydrogens (tertiary/aromatic N) is 1. The van der Waals surface area contributed by atoms with Gasteiger partial charge in [0.05, 0.1) is 11.1 Å². The van der Waals surface area contributed by atoms with Gasteiger partial charge < -0.3 is 5.32 Å². The average Bonchev–Trinajstić information content (AvgIpc) is 2.41. The maximum absolute atomic E-state index is 13.4. The van der Waals surface area contributed by atoms with Gasteiger partial charge in [0.15, 0.2) is 0 Å². The van der Waals surface area contributed by atoms with E-state index in [1.165, 1.54) is 12.1 Å². The standard InChI is InChI=1S/C15H16ClFN2O/c1-10-3-2-6-15(8-10,9-18)19-14(20)11-4-5-12(16)13(17)7-11/h4-5,7,10H,2-3,6,8H2,1H3,(H,19,20). The summed E-state index contributed by atoms with van der Waals surface area (Å²) in [4.78, 5) is 12.2. The summed E-state index contributed by atoms with van der Waals surface area (Å²) in [5.41, 5.74) is -0.662. The minimum atomic E-state index is -0.842. The fourth-order valence-corrected chi connectivity index (χ4v) is 2.84. The van der Waals surface area contributed by atoms with Crippen LogP contribution in [-0.2, 0) is 0 Å². The number of carbonyl (C=O) groups excluding carboxylic acids is 1. The van der Waals surface area contributed by atoms with E-state index in [0.29, 0.717) is 18.8 Å². The Labute approximate surface area is 122 Å². The minimum Gasteiger partial charge on any atom is -0.334 e. The summed E-state index contributed by atoms with van der Waals surface area (Å²) < 4.78 is 13.4. The number of nitriles is 1. The molecule has 1 fully saturated rings. The van der Waals surface area contributed by atoms with Crippen LogP contribution in [0.3, 0.4) is 0 Å². The molecule has 2 atom stereocenters. The highest BCUT2D eigenvalue weighted by molar-refractivity contribution is 6.30. The first kappa shape index (κ1) is 14.8. The molecule has 1 aliphatic rings. The summed E-state index contributed by atoms with van der Waals surface area (Å²) in [7, 11) is 0. The highest BCUT2D eigenvalue weighted by atomic mass is 35.5. The molecule has 1 amide bonds. The van der Waals surface area contributed by atoms with Gasteiger partial charge in [0, 0.05) is 5.56 Å². The van der Waals surface area contributed by atoms with Gasteiger partial charge in [0.2, 0.25) is 0 Å². The topological polar surface area (TPSA) is 52.9 Å². The number of amides is 1. The van der Waals surface area contributed by atoms with Crippen molar-refractivity contribution in [3.05, 3.63) is 34.6 Å². The quantitative estimate of drug-likeness (QED) is 0.904. The molecule has 0 bridgehead atoms. The molecule has 1 saturated carbocycles. The number of benzene rings is 1. The SMILES string of the molecule is CC1CCCC(C#N)(NC(=O)c2ccc(Cl)c(F)c2)C1. The summed E-state index contributed by atoms with van der Waals surface area (Å²) in [5.74, 6) is -0.677. The van der Waals surface area contributed by atoms with Crippen LogP contribution in [0.15, 0.2) is 18.2 Å². The lowest BCUT2D eigenvalue weighted by Crippen LogP contribution is -2.50. The molecule has 0 saturated heterocycles. The van der Waals surface area contributed by atoms with E-state index in [-0.39, 0.29) is 10.6 Å². The highest BCUT2D eigenvalue weighted by Gasteiger charge is 2.36. The van der Waals surface area contributed by atoms with Gasteiger partial charge in [-0.15, -0.1) is 0 Å². The van der Waals surface area contributed by atoms with Crippen molar-refractivity contribution >= 4 is 17.5 Å². The van der Waals surface area contributed by atoms with Crippen LogP contribution in [0.1, 0.15) is 43.0 Å². The summed E-state index contributed by atoms with van der Waals surface area (Å²) >= 11 is 5.59. The van der Waals surface area contributed by atoms with E-state index in [4.69, 9.17) is 11.6 Å². The molecule has 2 unspecified atom stereocenters. The van der Waals surface area contributed by atoms with Crippen LogP contribution in [0.5, 0.6) is 0 Å². The van der Waals surface area contributed by atoms with E-state index in [1.54, 1.807) is 0 Å². The van der Waals surface area contributed by atoms with Gasteiger partial charge in [-0.3, -0.25) is 4.79 Å². The van der Waals surface area contributed by atoms with Crippen molar-refractivity contribution in [3.63, 3.8) is 0 Å². The monoisotopic (exact) mass is 294 g/mol. The molecule has 106 valence electrons. The lowest BCUT2D eigenvalue weighted by Gasteiger charge is -2.35. The van der Waals surface area contributed by atoms with Gasteiger partial charge in [-0.25, -0.2) is 4.39 Å². The zero-order valence-electron chi connectivity index (χ0n) is 11.2. The van der Waals surface area contributed by atoms with Crippen molar-refractivity contribution in [2.24, 2.45) is 5.92 Å². The van der Waals surface area contributed by atoms with E-state index >= 15 is 0 Å². The van der Waals surface area contributed by atoms with Crippen LogP contribution in [0.25, 0.3) is 0 Å². The van der Waals surface area contributed by atoms with Gasteiger partial charge in [-0.2, -0.15) is 5.26 Å². The van der Waals surface area contributed by atoms with Crippen molar-refractivity contribution in [1.82, 2.24) is 5.32 Å². The fraction of sp³-hybridized carbons (Fsp3) is 0.467. The maximum Gasteiger partial charge on any atom is 0.252 e. The zero-order chi connectivity index (χ0) is 14.8. The zero-order valence-corrected chi connectivity index (χ0v) is 12.0. The molecule has 5 heteroatoms. The lowest BCUT2D eigenvalue weighted by molar-refractivity contribution is 0.0890. The molecule has 0 aliphatic heterocycles. The molecule has 1 N–H and O–H groups in total. The number of hydrogen-bond acceptors (Lipinski definition) is 2. The first-order valence-corrected chi connectivity index (χ1v) is 7.02. The second-order valence-corrected chi connectivity index (χ2v) is 5.89. The third-order valence-corrected chi connectivity index (χ3v) is 4.05. The Balaban J connectivity index is 2.17. The third kappa shape index (κ3) is 3.10. The third-order valence-electron chi connectivity index (χ3n) is 3.75. The number of carbonyl (C=O) groups is 1. The summed E-state index contributed by atoms with van der Waals surface area (Å²) in [6.07, 6.45) is 3.24. The first-order chi connectivity index (χ1) is 9.46. The van der Waals surface area contributed by atoms with Crippen molar-refractivity contribution in [2.75, 3.05) is 0 Å². The Morgan fingerprint density at radius 1 is 1.60 bits per heavy atom. The van der Waals surface area contributed by atoms with Crippen molar-refractivity contribution in [1.29, 1.82) is 5.26 Å². The van der Waals surface area contributed by atoms with Crippen LogP contribution < -0.4 is 5.32 Å². The molecule has 0 spiro atoms. The first-order valence-electron chi connectivity index (χ1n) is 6.64. The van der Waals surface area contributed by atoms with Crippen molar-refractivity contribution in [3.8, 4) is 6.07 Å². The van der Waals surface area contributed by atoms with Crippen LogP contribution >= 0.6 is 11.6 Å². The van der Waals surface area contributed by atoms with Crippen LogP contribution in [0.2, 0.25) is 5.02 Å². The Kier molecular flexibility index (Phi) is 4.29. The van der Waals surface area contributed by atoms with Gasteiger partial charge in [-0.05, 0) is 43.4 Å². The van der Waals surface area contributed by atoms with E-state index in [1.807, 2.05) is 0 Å². The smallest absolute Gasteiger partial charge is 0.252 e. The Hall–Kier alpha value is -1.60. The normalized spacial score (nSPS) is 25.8. The fourth-order valence-electron chi connectivity index (χ4n) is 2.72. The van der Waals surface area contributed by atoms with E-state index in [0.717, 1.165) is 18.9 Å². The van der Waals surface area contributed by atoms with Crippen molar-refractivity contribution < 1.29 is 9.18 Å². The summed E-state index contributed by atoms with van der Waals surface area (Å²) in [5, 5.41) is 12.1. The molecule has 0 radical (unpaired) electrons. The Morgan fingerprint density at radius 3 is 2.95 bits per heavy atom. The molecule has 2 rings (SSSR count). The molecular weight excluding hydrogens is 279 g/mol. The van der Waals surface area contributed by atoms with Gasteiger partial charge in [0.1, 0.15) is 11.4 Å². The summed E-state index contributed by atoms with van der Waals surface area (Å²) in [6, 6.07) is 6.11. The minimum absolute atomic E-state index is 0.0252. The average molecular weight is 295 g/mol. The predicted octanol–water partition coefficient (Wildman–Crippen LogP) is 3.68. The molecular formula is C15H16ClFN2O. The highest BCUT2D eigenvalue weighted by Crippen LogP contribution is 2.32. The maximum atomic E-state index is 13.4. The number of halogens is 2. The van der Waals surface area contributed by atoms with Crippen molar-refractivity contribution in [2.45, 2.75) is 38.1 Å². The molecule has 1 aliphatic carbocycles. The van der Waals surface area contributed by atoms with Crippen LogP contribution in [-0.4, -0.2) is 11.4 Å². The van der Waals surface area contributed by atoms with Gasteiger partial charge in [-0.1, -0.05) is 24.9 Å². The number of nitrogens with one attached hydrogen (secondary N) is 1. The number of rotatable bonds is 2. The van der Waals surface area contributed by atoms with Gasteiger partial charge >= 0.3 is 0 Å². The molecule has 20 heavy (non-hydrogen) atoms.